The largest absolute Gasteiger partial charge is 0.490 e. The summed E-state index contributed by atoms with van der Waals surface area (Å²) >= 11 is 6.21. The summed E-state index contributed by atoms with van der Waals surface area (Å²) in [5.41, 5.74) is 1.21. The van der Waals surface area contributed by atoms with E-state index in [9.17, 15) is 4.79 Å². The first-order chi connectivity index (χ1) is 13.8. The van der Waals surface area contributed by atoms with Gasteiger partial charge in [-0.25, -0.2) is 9.78 Å². The van der Waals surface area contributed by atoms with Gasteiger partial charge in [0.15, 0.2) is 0 Å². The Hall–Kier alpha value is -2.60. The topological polar surface area (TPSA) is 64.5 Å². The van der Waals surface area contributed by atoms with Crippen LogP contribution in [0.4, 0.5) is 4.79 Å². The van der Waals surface area contributed by atoms with E-state index in [1.165, 1.54) is 0 Å². The maximum Gasteiger partial charge on any atom is 0.410 e. The van der Waals surface area contributed by atoms with Gasteiger partial charge in [-0.2, -0.15) is 0 Å². The van der Waals surface area contributed by atoms with E-state index in [4.69, 9.17) is 21.1 Å². The van der Waals surface area contributed by atoms with Crippen molar-refractivity contribution in [2.24, 2.45) is 0 Å². The van der Waals surface area contributed by atoms with Gasteiger partial charge in [0.05, 0.1) is 12.2 Å². The van der Waals surface area contributed by atoms with Crippen LogP contribution in [0.15, 0.2) is 36.8 Å². The van der Waals surface area contributed by atoms with E-state index in [2.05, 4.69) is 9.97 Å². The number of amides is 1. The van der Waals surface area contributed by atoms with Gasteiger partial charge in [0.2, 0.25) is 0 Å². The lowest BCUT2D eigenvalue weighted by Gasteiger charge is -2.28. The molecule has 2 aromatic heterocycles. The van der Waals surface area contributed by atoms with Crippen molar-refractivity contribution in [3.05, 3.63) is 53.1 Å². The van der Waals surface area contributed by atoms with Crippen LogP contribution in [0, 0.1) is 0 Å². The molecular weight excluding hydrogens is 390 g/mol. The number of likely N-dealkylation sites (tertiary alicyclic amines) is 1. The second kappa shape index (κ2) is 9.27. The number of halogens is 1. The van der Waals surface area contributed by atoms with E-state index in [0.717, 1.165) is 24.0 Å². The molecule has 0 N–H and O–H groups in total. The van der Waals surface area contributed by atoms with Crippen molar-refractivity contribution in [3.63, 3.8) is 0 Å². The molecule has 1 atom stereocenters. The highest BCUT2D eigenvalue weighted by atomic mass is 35.5. The minimum atomic E-state index is -0.513. The summed E-state index contributed by atoms with van der Waals surface area (Å²) < 4.78 is 11.4. The Labute approximate surface area is 176 Å². The molecule has 0 spiro atoms. The van der Waals surface area contributed by atoms with Gasteiger partial charge in [-0.15, -0.1) is 0 Å². The van der Waals surface area contributed by atoms with E-state index in [1.54, 1.807) is 23.5 Å². The standard InChI is InChI=1S/C22H26ClN3O3/c1-22(2,3)29-21(27)26-11-5-7-18(26)15-28-19-12-17(20(23)25-14-19)9-8-16-6-4-10-24-13-16/h4,6,8-10,12-14,18H,5,7,11,15H2,1-3H3/b9-8+. The lowest BCUT2D eigenvalue weighted by molar-refractivity contribution is 0.0187. The average molecular weight is 416 g/mol. The van der Waals surface area contributed by atoms with Gasteiger partial charge in [-0.1, -0.05) is 29.8 Å². The van der Waals surface area contributed by atoms with Crippen LogP contribution >= 0.6 is 11.6 Å². The molecule has 3 heterocycles. The first kappa shape index (κ1) is 21.1. The van der Waals surface area contributed by atoms with E-state index in [1.807, 2.05) is 51.1 Å². The lowest BCUT2D eigenvalue weighted by atomic mass is 10.2. The van der Waals surface area contributed by atoms with Gasteiger partial charge in [0.25, 0.3) is 0 Å². The number of nitrogens with zero attached hydrogens (tertiary/aromatic N) is 3. The highest BCUT2D eigenvalue weighted by Gasteiger charge is 2.32. The maximum atomic E-state index is 12.4. The van der Waals surface area contributed by atoms with Crippen molar-refractivity contribution in [2.45, 2.75) is 45.3 Å². The Kier molecular flexibility index (Phi) is 6.75. The highest BCUT2D eigenvalue weighted by molar-refractivity contribution is 6.31. The fraction of sp³-hybridized carbons (Fsp3) is 0.409. The summed E-state index contributed by atoms with van der Waals surface area (Å²) in [5.74, 6) is 0.608. The first-order valence-electron chi connectivity index (χ1n) is 9.68. The van der Waals surface area contributed by atoms with Crippen LogP contribution in [0.1, 0.15) is 44.7 Å². The summed E-state index contributed by atoms with van der Waals surface area (Å²) in [6.45, 7) is 6.67. The monoisotopic (exact) mass is 415 g/mol. The molecule has 1 unspecified atom stereocenters. The highest BCUT2D eigenvalue weighted by Crippen LogP contribution is 2.24. The van der Waals surface area contributed by atoms with Crippen LogP contribution in [0.25, 0.3) is 12.2 Å². The van der Waals surface area contributed by atoms with Gasteiger partial charge in [0, 0.05) is 24.5 Å². The van der Waals surface area contributed by atoms with Gasteiger partial charge >= 0.3 is 6.09 Å². The SMILES string of the molecule is CC(C)(C)OC(=O)N1CCCC1COc1cnc(Cl)c(/C=C/c2cccnc2)c1. The predicted octanol–water partition coefficient (Wildman–Crippen LogP) is 5.08. The molecule has 1 fully saturated rings. The smallest absolute Gasteiger partial charge is 0.410 e. The van der Waals surface area contributed by atoms with E-state index >= 15 is 0 Å². The van der Waals surface area contributed by atoms with Crippen LogP contribution in [-0.4, -0.2) is 45.8 Å². The molecule has 0 saturated carbocycles. The number of carbonyl (C=O) groups is 1. The summed E-state index contributed by atoms with van der Waals surface area (Å²) in [4.78, 5) is 22.4. The molecule has 154 valence electrons. The molecule has 7 heteroatoms. The minimum absolute atomic E-state index is 0.0186. The molecule has 0 aromatic carbocycles. The quantitative estimate of drug-likeness (QED) is 0.637. The molecule has 1 amide bonds. The van der Waals surface area contributed by atoms with Gasteiger partial charge in [-0.3, -0.25) is 4.98 Å². The van der Waals surface area contributed by atoms with E-state index < -0.39 is 5.60 Å². The summed E-state index contributed by atoms with van der Waals surface area (Å²) in [7, 11) is 0. The van der Waals surface area contributed by atoms with Gasteiger partial charge < -0.3 is 14.4 Å². The third kappa shape index (κ3) is 6.19. The number of ether oxygens (including phenoxy) is 2. The minimum Gasteiger partial charge on any atom is -0.490 e. The average Bonchev–Trinajstić information content (AvgIpc) is 3.15. The zero-order chi connectivity index (χ0) is 20.9. The predicted molar refractivity (Wildman–Crippen MR) is 114 cm³/mol. The number of aromatic nitrogens is 2. The van der Waals surface area contributed by atoms with E-state index in [0.29, 0.717) is 24.1 Å². The Morgan fingerprint density at radius 2 is 2.17 bits per heavy atom. The van der Waals surface area contributed by atoms with Crippen molar-refractivity contribution in [1.29, 1.82) is 0 Å². The third-order valence-electron chi connectivity index (χ3n) is 4.43. The zero-order valence-corrected chi connectivity index (χ0v) is 17.7. The number of rotatable bonds is 5. The van der Waals surface area contributed by atoms with Crippen molar-refractivity contribution in [3.8, 4) is 5.75 Å². The van der Waals surface area contributed by atoms with Crippen LogP contribution in [0.3, 0.4) is 0 Å². The van der Waals surface area contributed by atoms with Gasteiger partial charge in [0.1, 0.15) is 23.1 Å². The van der Waals surface area contributed by atoms with Crippen molar-refractivity contribution < 1.29 is 14.3 Å². The van der Waals surface area contributed by atoms with Crippen molar-refractivity contribution >= 4 is 29.8 Å². The number of hydrogen-bond acceptors (Lipinski definition) is 5. The molecule has 0 aliphatic carbocycles. The molecule has 29 heavy (non-hydrogen) atoms. The molecular formula is C22H26ClN3O3. The molecule has 6 nitrogen and oxygen atoms in total. The summed E-state index contributed by atoms with van der Waals surface area (Å²) in [6, 6.07) is 5.65. The number of pyridine rings is 2. The first-order valence-corrected chi connectivity index (χ1v) is 10.1. The van der Waals surface area contributed by atoms with Crippen molar-refractivity contribution in [2.75, 3.05) is 13.2 Å². The Balaban J connectivity index is 1.63. The van der Waals surface area contributed by atoms with Crippen molar-refractivity contribution in [1.82, 2.24) is 14.9 Å². The molecule has 0 radical (unpaired) electrons. The Morgan fingerprint density at radius 3 is 2.90 bits per heavy atom. The molecule has 1 aliphatic rings. The summed E-state index contributed by atoms with van der Waals surface area (Å²) in [5, 5.41) is 0.397. The molecule has 1 saturated heterocycles. The normalized spacial score (nSPS) is 17.0. The van der Waals surface area contributed by atoms with Gasteiger partial charge in [-0.05, 0) is 51.3 Å². The maximum absolute atomic E-state index is 12.4. The lowest BCUT2D eigenvalue weighted by Crippen LogP contribution is -2.42. The summed E-state index contributed by atoms with van der Waals surface area (Å²) in [6.07, 6.45) is 10.4. The number of carbonyl (C=O) groups excluding carboxylic acids is 1. The third-order valence-corrected chi connectivity index (χ3v) is 4.74. The molecule has 3 rings (SSSR count). The van der Waals surface area contributed by atoms with Crippen LogP contribution in [-0.2, 0) is 4.74 Å². The van der Waals surface area contributed by atoms with Crippen LogP contribution in [0.2, 0.25) is 5.15 Å². The molecule has 2 aromatic rings. The van der Waals surface area contributed by atoms with Crippen LogP contribution in [0.5, 0.6) is 5.75 Å². The fourth-order valence-corrected chi connectivity index (χ4v) is 3.23. The molecule has 0 bridgehead atoms. The fourth-order valence-electron chi connectivity index (χ4n) is 3.06. The molecule has 1 aliphatic heterocycles. The second-order valence-corrected chi connectivity index (χ2v) is 8.31. The Bertz CT molecular complexity index is 865. The second-order valence-electron chi connectivity index (χ2n) is 7.95. The van der Waals surface area contributed by atoms with Crippen LogP contribution < -0.4 is 4.74 Å². The van der Waals surface area contributed by atoms with E-state index in [-0.39, 0.29) is 12.1 Å². The zero-order valence-electron chi connectivity index (χ0n) is 17.0. The number of hydrogen-bond donors (Lipinski definition) is 0. The Morgan fingerprint density at radius 1 is 1.34 bits per heavy atom.